The maximum absolute atomic E-state index is 13.6. The van der Waals surface area contributed by atoms with Crippen LogP contribution in [0, 0.1) is 12.7 Å². The summed E-state index contributed by atoms with van der Waals surface area (Å²) in [6, 6.07) is 9.87. The number of hydrogen-bond donors (Lipinski definition) is 2. The van der Waals surface area contributed by atoms with Crippen molar-refractivity contribution in [3.8, 4) is 0 Å². The Morgan fingerprint density at radius 3 is 2.80 bits per heavy atom. The molecule has 0 radical (unpaired) electrons. The molecule has 0 aromatic heterocycles. The topological polar surface area (TPSA) is 55.1 Å². The first-order valence-corrected chi connectivity index (χ1v) is 6.85. The van der Waals surface area contributed by atoms with Gasteiger partial charge in [0.2, 0.25) is 0 Å². The molecule has 3 N–H and O–H groups in total. The zero-order valence-electron chi connectivity index (χ0n) is 10.9. The molecule has 0 aliphatic rings. The lowest BCUT2D eigenvalue weighted by Gasteiger charge is -2.10. The molecule has 2 aromatic rings. The second-order valence-electron chi connectivity index (χ2n) is 4.46. The summed E-state index contributed by atoms with van der Waals surface area (Å²) in [4.78, 5) is 12.1. The Labute approximate surface area is 125 Å². The number of nitrogen functional groups attached to an aromatic ring is 1. The number of rotatable bonds is 3. The Morgan fingerprint density at radius 2 is 2.10 bits per heavy atom. The van der Waals surface area contributed by atoms with Gasteiger partial charge in [0.15, 0.2) is 0 Å². The molecule has 0 saturated heterocycles. The van der Waals surface area contributed by atoms with Crippen LogP contribution in [0.4, 0.5) is 10.1 Å². The average Bonchev–Trinajstić information content (AvgIpc) is 2.39. The molecule has 0 spiro atoms. The largest absolute Gasteiger partial charge is 0.398 e. The number of anilines is 1. The van der Waals surface area contributed by atoms with Gasteiger partial charge in [-0.05, 0) is 36.8 Å². The number of nitrogens with one attached hydrogen (secondary N) is 1. The number of carbonyl (C=O) groups is 1. The third-order valence-electron chi connectivity index (χ3n) is 2.98. The fraction of sp³-hybridized carbons (Fsp3) is 0.133. The van der Waals surface area contributed by atoms with Gasteiger partial charge in [-0.3, -0.25) is 4.79 Å². The quantitative estimate of drug-likeness (QED) is 0.844. The molecule has 2 aromatic carbocycles. The lowest BCUT2D eigenvalue weighted by atomic mass is 10.1. The molecule has 0 heterocycles. The molecule has 0 fully saturated rings. The maximum atomic E-state index is 13.6. The van der Waals surface area contributed by atoms with Gasteiger partial charge in [-0.1, -0.05) is 28.1 Å². The van der Waals surface area contributed by atoms with E-state index in [-0.39, 0.29) is 18.3 Å². The fourth-order valence-corrected chi connectivity index (χ4v) is 2.35. The lowest BCUT2D eigenvalue weighted by Crippen LogP contribution is -2.25. The van der Waals surface area contributed by atoms with E-state index in [1.807, 2.05) is 13.0 Å². The molecule has 2 rings (SSSR count). The summed E-state index contributed by atoms with van der Waals surface area (Å²) in [7, 11) is 0. The molecule has 0 bridgehead atoms. The van der Waals surface area contributed by atoms with Crippen LogP contribution < -0.4 is 11.1 Å². The molecule has 3 nitrogen and oxygen atoms in total. The van der Waals surface area contributed by atoms with Gasteiger partial charge >= 0.3 is 0 Å². The predicted molar refractivity (Wildman–Crippen MR) is 80.9 cm³/mol. The number of aryl methyl sites for hydroxylation is 1. The van der Waals surface area contributed by atoms with E-state index in [0.717, 1.165) is 10.0 Å². The van der Waals surface area contributed by atoms with Gasteiger partial charge in [0.1, 0.15) is 5.82 Å². The molecular weight excluding hydrogens is 323 g/mol. The van der Waals surface area contributed by atoms with Gasteiger partial charge < -0.3 is 11.1 Å². The molecule has 0 saturated carbocycles. The third kappa shape index (κ3) is 3.17. The van der Waals surface area contributed by atoms with E-state index in [2.05, 4.69) is 21.2 Å². The zero-order chi connectivity index (χ0) is 14.7. The molecular formula is C15H14BrFN2O. The zero-order valence-corrected chi connectivity index (χ0v) is 12.5. The molecule has 0 unspecified atom stereocenters. The van der Waals surface area contributed by atoms with Crippen LogP contribution in [0.15, 0.2) is 40.9 Å². The van der Waals surface area contributed by atoms with E-state index >= 15 is 0 Å². The van der Waals surface area contributed by atoms with E-state index < -0.39 is 0 Å². The highest BCUT2D eigenvalue weighted by Gasteiger charge is 2.13. The SMILES string of the molecule is Cc1cccc(N)c1C(=O)NCc1cc(Br)ccc1F. The minimum Gasteiger partial charge on any atom is -0.398 e. The van der Waals surface area contributed by atoms with Crippen molar-refractivity contribution in [1.29, 1.82) is 0 Å². The molecule has 0 atom stereocenters. The smallest absolute Gasteiger partial charge is 0.253 e. The van der Waals surface area contributed by atoms with Crippen LogP contribution >= 0.6 is 15.9 Å². The first-order chi connectivity index (χ1) is 9.49. The number of hydrogen-bond acceptors (Lipinski definition) is 2. The molecule has 1 amide bonds. The minimum absolute atomic E-state index is 0.109. The second kappa shape index (κ2) is 6.05. The summed E-state index contributed by atoms with van der Waals surface area (Å²) in [6.07, 6.45) is 0. The van der Waals surface area contributed by atoms with Gasteiger partial charge in [-0.2, -0.15) is 0 Å². The standard InChI is InChI=1S/C15H14BrFN2O/c1-9-3-2-4-13(18)14(9)15(20)19-8-10-7-11(16)5-6-12(10)17/h2-7H,8,18H2,1H3,(H,19,20). The highest BCUT2D eigenvalue weighted by molar-refractivity contribution is 9.10. The minimum atomic E-state index is -0.355. The summed E-state index contributed by atoms with van der Waals surface area (Å²) in [5.41, 5.74) is 7.86. The molecule has 20 heavy (non-hydrogen) atoms. The van der Waals surface area contributed by atoms with Crippen LogP contribution in [0.3, 0.4) is 0 Å². The highest BCUT2D eigenvalue weighted by Crippen LogP contribution is 2.18. The van der Waals surface area contributed by atoms with Crippen molar-refractivity contribution in [3.63, 3.8) is 0 Å². The normalized spacial score (nSPS) is 10.3. The third-order valence-corrected chi connectivity index (χ3v) is 3.47. The predicted octanol–water partition coefficient (Wildman–Crippen LogP) is 3.41. The Balaban J connectivity index is 2.15. The Bertz CT molecular complexity index is 638. The number of benzene rings is 2. The monoisotopic (exact) mass is 336 g/mol. The summed E-state index contributed by atoms with van der Waals surface area (Å²) >= 11 is 3.27. The molecule has 104 valence electrons. The molecule has 5 heteroatoms. The van der Waals surface area contributed by atoms with Crippen molar-refractivity contribution in [2.75, 3.05) is 5.73 Å². The van der Waals surface area contributed by atoms with E-state index in [1.165, 1.54) is 6.07 Å². The first-order valence-electron chi connectivity index (χ1n) is 6.06. The lowest BCUT2D eigenvalue weighted by molar-refractivity contribution is 0.0951. The second-order valence-corrected chi connectivity index (χ2v) is 5.37. The van der Waals surface area contributed by atoms with Crippen molar-refractivity contribution >= 4 is 27.5 Å². The summed E-state index contributed by atoms with van der Waals surface area (Å²) in [5.74, 6) is -0.661. The average molecular weight is 337 g/mol. The maximum Gasteiger partial charge on any atom is 0.253 e. The van der Waals surface area contributed by atoms with Gasteiger partial charge in [0, 0.05) is 22.3 Å². The van der Waals surface area contributed by atoms with E-state index in [9.17, 15) is 9.18 Å². The Morgan fingerprint density at radius 1 is 1.35 bits per heavy atom. The van der Waals surface area contributed by atoms with E-state index in [1.54, 1.807) is 24.3 Å². The summed E-state index contributed by atoms with van der Waals surface area (Å²) < 4.78 is 14.3. The van der Waals surface area contributed by atoms with Crippen molar-refractivity contribution in [3.05, 3.63) is 63.4 Å². The summed E-state index contributed by atoms with van der Waals surface area (Å²) in [5, 5.41) is 2.69. The number of carbonyl (C=O) groups excluding carboxylic acids is 1. The fourth-order valence-electron chi connectivity index (χ4n) is 1.94. The van der Waals surface area contributed by atoms with E-state index in [4.69, 9.17) is 5.73 Å². The van der Waals surface area contributed by atoms with E-state index in [0.29, 0.717) is 16.8 Å². The van der Waals surface area contributed by atoms with Crippen LogP contribution in [-0.2, 0) is 6.54 Å². The van der Waals surface area contributed by atoms with Crippen molar-refractivity contribution < 1.29 is 9.18 Å². The van der Waals surface area contributed by atoms with Gasteiger partial charge in [-0.15, -0.1) is 0 Å². The van der Waals surface area contributed by atoms with Crippen molar-refractivity contribution in [2.24, 2.45) is 0 Å². The number of amides is 1. The van der Waals surface area contributed by atoms with Crippen LogP contribution in [-0.4, -0.2) is 5.91 Å². The van der Waals surface area contributed by atoms with Crippen molar-refractivity contribution in [2.45, 2.75) is 13.5 Å². The Hall–Kier alpha value is -1.88. The number of nitrogens with two attached hydrogens (primary N) is 1. The van der Waals surface area contributed by atoms with Crippen LogP contribution in [0.25, 0.3) is 0 Å². The summed E-state index contributed by atoms with van der Waals surface area (Å²) in [6.45, 7) is 1.92. The Kier molecular flexibility index (Phi) is 4.39. The van der Waals surface area contributed by atoms with Crippen molar-refractivity contribution in [1.82, 2.24) is 5.32 Å². The number of halogens is 2. The van der Waals surface area contributed by atoms with Gasteiger partial charge in [0.05, 0.1) is 5.56 Å². The van der Waals surface area contributed by atoms with Gasteiger partial charge in [0.25, 0.3) is 5.91 Å². The van der Waals surface area contributed by atoms with Crippen LogP contribution in [0.2, 0.25) is 0 Å². The first kappa shape index (κ1) is 14.5. The molecule has 0 aliphatic carbocycles. The van der Waals surface area contributed by atoms with Crippen LogP contribution in [0.1, 0.15) is 21.5 Å². The molecule has 0 aliphatic heterocycles. The highest BCUT2D eigenvalue weighted by atomic mass is 79.9. The van der Waals surface area contributed by atoms with Gasteiger partial charge in [-0.25, -0.2) is 4.39 Å². The van der Waals surface area contributed by atoms with Crippen LogP contribution in [0.5, 0.6) is 0 Å².